The van der Waals surface area contributed by atoms with Gasteiger partial charge in [0.1, 0.15) is 5.76 Å². The predicted molar refractivity (Wildman–Crippen MR) is 114 cm³/mol. The second-order valence-corrected chi connectivity index (χ2v) is 10.4. The SMILES string of the molecule is CC1CCN(C(=O)CCc2ccc(S(=O)(=O)N3CCCC3)cc2)C(c2ccco2)C1. The van der Waals surface area contributed by atoms with E-state index in [1.807, 2.05) is 29.2 Å². The molecule has 2 aliphatic heterocycles. The highest BCUT2D eigenvalue weighted by Gasteiger charge is 2.32. The van der Waals surface area contributed by atoms with Gasteiger partial charge in [0.15, 0.2) is 0 Å². The molecule has 162 valence electrons. The number of amides is 1. The van der Waals surface area contributed by atoms with Crippen LogP contribution in [-0.4, -0.2) is 43.2 Å². The molecule has 2 fully saturated rings. The van der Waals surface area contributed by atoms with Crippen molar-refractivity contribution in [1.82, 2.24) is 9.21 Å². The summed E-state index contributed by atoms with van der Waals surface area (Å²) in [5.41, 5.74) is 0.976. The lowest BCUT2D eigenvalue weighted by Crippen LogP contribution is -2.40. The Morgan fingerprint density at radius 2 is 1.83 bits per heavy atom. The quantitative estimate of drug-likeness (QED) is 0.695. The molecule has 2 unspecified atom stereocenters. The van der Waals surface area contributed by atoms with Crippen molar-refractivity contribution in [2.24, 2.45) is 5.92 Å². The summed E-state index contributed by atoms with van der Waals surface area (Å²) in [7, 11) is -3.39. The van der Waals surface area contributed by atoms with Crippen LogP contribution in [0.25, 0.3) is 0 Å². The van der Waals surface area contributed by atoms with Gasteiger partial charge >= 0.3 is 0 Å². The minimum Gasteiger partial charge on any atom is -0.467 e. The summed E-state index contributed by atoms with van der Waals surface area (Å²) < 4.78 is 32.4. The minimum atomic E-state index is -3.39. The molecule has 7 heteroatoms. The molecular weight excluding hydrogens is 400 g/mol. The van der Waals surface area contributed by atoms with Crippen molar-refractivity contribution < 1.29 is 17.6 Å². The van der Waals surface area contributed by atoms with Crippen molar-refractivity contribution in [2.75, 3.05) is 19.6 Å². The number of hydrogen-bond acceptors (Lipinski definition) is 4. The van der Waals surface area contributed by atoms with Crippen molar-refractivity contribution in [1.29, 1.82) is 0 Å². The van der Waals surface area contributed by atoms with Crippen LogP contribution in [0.3, 0.4) is 0 Å². The Labute approximate surface area is 178 Å². The molecule has 0 N–H and O–H groups in total. The van der Waals surface area contributed by atoms with Crippen LogP contribution in [-0.2, 0) is 21.2 Å². The average Bonchev–Trinajstić information content (AvgIpc) is 3.47. The number of rotatable bonds is 6. The van der Waals surface area contributed by atoms with Crippen LogP contribution in [0.5, 0.6) is 0 Å². The van der Waals surface area contributed by atoms with Crippen molar-refractivity contribution in [3.63, 3.8) is 0 Å². The van der Waals surface area contributed by atoms with E-state index in [1.165, 1.54) is 0 Å². The van der Waals surface area contributed by atoms with Crippen LogP contribution in [0.4, 0.5) is 0 Å². The molecule has 2 saturated heterocycles. The van der Waals surface area contributed by atoms with E-state index in [9.17, 15) is 13.2 Å². The second kappa shape index (κ2) is 8.94. The number of nitrogens with zero attached hydrogens (tertiary/aromatic N) is 2. The Morgan fingerprint density at radius 3 is 2.50 bits per heavy atom. The summed E-state index contributed by atoms with van der Waals surface area (Å²) in [5.74, 6) is 1.54. The zero-order valence-electron chi connectivity index (χ0n) is 17.5. The number of furan rings is 1. The zero-order valence-corrected chi connectivity index (χ0v) is 18.3. The van der Waals surface area contributed by atoms with Gasteiger partial charge in [0.25, 0.3) is 0 Å². The van der Waals surface area contributed by atoms with Gasteiger partial charge in [-0.3, -0.25) is 4.79 Å². The lowest BCUT2D eigenvalue weighted by Gasteiger charge is -2.37. The summed E-state index contributed by atoms with van der Waals surface area (Å²) in [4.78, 5) is 15.3. The molecule has 1 aromatic heterocycles. The number of hydrogen-bond donors (Lipinski definition) is 0. The molecule has 2 aliphatic rings. The number of carbonyl (C=O) groups excluding carboxylic acids is 1. The van der Waals surface area contributed by atoms with Crippen molar-refractivity contribution in [2.45, 2.75) is 56.4 Å². The van der Waals surface area contributed by atoms with E-state index < -0.39 is 10.0 Å². The Hall–Kier alpha value is -2.12. The maximum atomic E-state index is 13.0. The first-order valence-electron chi connectivity index (χ1n) is 10.9. The number of carbonyl (C=O) groups is 1. The van der Waals surface area contributed by atoms with Crippen molar-refractivity contribution in [3.8, 4) is 0 Å². The molecule has 0 spiro atoms. The van der Waals surface area contributed by atoms with E-state index in [4.69, 9.17) is 4.42 Å². The molecule has 1 aromatic carbocycles. The predicted octanol–water partition coefficient (Wildman–Crippen LogP) is 4.00. The Balaban J connectivity index is 1.38. The standard InChI is InChI=1S/C23H30N2O4S/c1-18-12-15-25(21(17-18)22-5-4-16-29-22)23(26)11-8-19-6-9-20(10-7-19)30(27,28)24-13-2-3-14-24/h4-7,9-10,16,18,21H,2-3,8,11-15,17H2,1H3. The number of likely N-dealkylation sites (tertiary alicyclic amines) is 1. The summed E-state index contributed by atoms with van der Waals surface area (Å²) >= 11 is 0. The molecule has 0 bridgehead atoms. The highest BCUT2D eigenvalue weighted by molar-refractivity contribution is 7.89. The third kappa shape index (κ3) is 4.47. The van der Waals surface area contributed by atoms with Crippen LogP contribution in [0.1, 0.15) is 56.4 Å². The fraction of sp³-hybridized carbons (Fsp3) is 0.522. The lowest BCUT2D eigenvalue weighted by molar-refractivity contribution is -0.136. The highest BCUT2D eigenvalue weighted by Crippen LogP contribution is 2.34. The third-order valence-electron chi connectivity index (χ3n) is 6.31. The Morgan fingerprint density at radius 1 is 1.10 bits per heavy atom. The highest BCUT2D eigenvalue weighted by atomic mass is 32.2. The number of aryl methyl sites for hydroxylation is 1. The molecule has 3 heterocycles. The van der Waals surface area contributed by atoms with E-state index >= 15 is 0 Å². The largest absolute Gasteiger partial charge is 0.467 e. The minimum absolute atomic E-state index is 0.00392. The van der Waals surface area contributed by atoms with Gasteiger partial charge in [0.05, 0.1) is 17.2 Å². The maximum Gasteiger partial charge on any atom is 0.243 e. The summed E-state index contributed by atoms with van der Waals surface area (Å²) in [5, 5.41) is 0. The molecule has 1 amide bonds. The molecule has 30 heavy (non-hydrogen) atoms. The third-order valence-corrected chi connectivity index (χ3v) is 8.22. The Bertz CT molecular complexity index is 948. The molecule has 0 saturated carbocycles. The van der Waals surface area contributed by atoms with E-state index in [1.54, 1.807) is 22.7 Å². The van der Waals surface area contributed by atoms with Crippen molar-refractivity contribution >= 4 is 15.9 Å². The lowest BCUT2D eigenvalue weighted by atomic mass is 9.90. The second-order valence-electron chi connectivity index (χ2n) is 8.50. The average molecular weight is 431 g/mol. The van der Waals surface area contributed by atoms with Gasteiger partial charge in [-0.25, -0.2) is 8.42 Å². The van der Waals surface area contributed by atoms with Crippen LogP contribution in [0.15, 0.2) is 52.0 Å². The zero-order chi connectivity index (χ0) is 21.1. The Kier molecular flexibility index (Phi) is 6.29. The monoisotopic (exact) mass is 430 g/mol. The van der Waals surface area contributed by atoms with Crippen LogP contribution in [0, 0.1) is 5.92 Å². The normalized spacial score (nSPS) is 23.0. The molecule has 0 radical (unpaired) electrons. The first kappa shape index (κ1) is 21.1. The topological polar surface area (TPSA) is 70.8 Å². The van der Waals surface area contributed by atoms with Crippen molar-refractivity contribution in [3.05, 3.63) is 54.0 Å². The van der Waals surface area contributed by atoms with Crippen LogP contribution in [0.2, 0.25) is 0 Å². The van der Waals surface area contributed by atoms with E-state index in [-0.39, 0.29) is 11.9 Å². The van der Waals surface area contributed by atoms with Gasteiger partial charge in [0.2, 0.25) is 15.9 Å². The fourth-order valence-corrected chi connectivity index (χ4v) is 6.01. The molecule has 0 aliphatic carbocycles. The van der Waals surface area contributed by atoms with Gasteiger partial charge in [-0.1, -0.05) is 19.1 Å². The van der Waals surface area contributed by atoms with E-state index in [0.29, 0.717) is 36.7 Å². The summed E-state index contributed by atoms with van der Waals surface area (Å²) in [6, 6.07) is 10.8. The molecular formula is C23H30N2O4S. The van der Waals surface area contributed by atoms with Gasteiger partial charge < -0.3 is 9.32 Å². The first-order valence-corrected chi connectivity index (χ1v) is 12.3. The first-order chi connectivity index (χ1) is 14.4. The smallest absolute Gasteiger partial charge is 0.243 e. The van der Waals surface area contributed by atoms with E-state index in [0.717, 1.165) is 43.6 Å². The summed E-state index contributed by atoms with van der Waals surface area (Å²) in [6.07, 6.45) is 6.44. The number of benzene rings is 1. The van der Waals surface area contributed by atoms with Crippen LogP contribution >= 0.6 is 0 Å². The molecule has 4 rings (SSSR count). The fourth-order valence-electron chi connectivity index (χ4n) is 4.49. The molecule has 2 aromatic rings. The van der Waals surface area contributed by atoms with Crippen LogP contribution < -0.4 is 0 Å². The number of piperidine rings is 1. The van der Waals surface area contributed by atoms with Gasteiger partial charge in [-0.2, -0.15) is 4.31 Å². The number of sulfonamides is 1. The molecule has 6 nitrogen and oxygen atoms in total. The van der Waals surface area contributed by atoms with Gasteiger partial charge in [0, 0.05) is 26.1 Å². The van der Waals surface area contributed by atoms with Gasteiger partial charge in [-0.15, -0.1) is 0 Å². The van der Waals surface area contributed by atoms with E-state index in [2.05, 4.69) is 6.92 Å². The maximum absolute atomic E-state index is 13.0. The van der Waals surface area contributed by atoms with Gasteiger partial charge in [-0.05, 0) is 67.9 Å². The molecule has 2 atom stereocenters. The summed E-state index contributed by atoms with van der Waals surface area (Å²) in [6.45, 7) is 4.17.